The Morgan fingerprint density at radius 1 is 1.13 bits per heavy atom. The van der Waals surface area contributed by atoms with Crippen LogP contribution in [0, 0.1) is 0 Å². The van der Waals surface area contributed by atoms with Gasteiger partial charge in [0.2, 0.25) is 5.88 Å². The molecule has 10 heteroatoms. The zero-order chi connectivity index (χ0) is 21.6. The molecule has 2 aromatic heterocycles. The molecule has 3 rings (SSSR count). The van der Waals surface area contributed by atoms with Crippen molar-refractivity contribution >= 4 is 5.91 Å². The summed E-state index contributed by atoms with van der Waals surface area (Å²) in [6, 6.07) is 10.5. The van der Waals surface area contributed by atoms with E-state index in [1.165, 1.54) is 30.5 Å². The molecule has 3 aromatic rings. The zero-order valence-electron chi connectivity index (χ0n) is 16.0. The number of aromatic nitrogens is 3. The average Bonchev–Trinajstić information content (AvgIpc) is 3.24. The van der Waals surface area contributed by atoms with Crippen molar-refractivity contribution in [1.82, 2.24) is 20.1 Å². The van der Waals surface area contributed by atoms with Gasteiger partial charge in [-0.25, -0.2) is 9.67 Å². The number of nitrogens with one attached hydrogen (secondary N) is 1. The van der Waals surface area contributed by atoms with Crippen molar-refractivity contribution in [3.8, 4) is 11.6 Å². The van der Waals surface area contributed by atoms with E-state index in [1.54, 1.807) is 25.4 Å². The number of rotatable bonds is 8. The van der Waals surface area contributed by atoms with Gasteiger partial charge in [-0.05, 0) is 36.4 Å². The summed E-state index contributed by atoms with van der Waals surface area (Å²) in [4.78, 5) is 16.6. The van der Waals surface area contributed by atoms with Crippen LogP contribution in [0.1, 0.15) is 21.6 Å². The van der Waals surface area contributed by atoms with Crippen LogP contribution in [0.2, 0.25) is 0 Å². The molecule has 0 aliphatic heterocycles. The molecule has 1 N–H and O–H groups in total. The minimum absolute atomic E-state index is 0.199. The monoisotopic (exact) mass is 420 g/mol. The smallest absolute Gasteiger partial charge is 0.435 e. The summed E-state index contributed by atoms with van der Waals surface area (Å²) >= 11 is 0. The molecule has 30 heavy (non-hydrogen) atoms. The van der Waals surface area contributed by atoms with Crippen molar-refractivity contribution in [2.24, 2.45) is 0 Å². The Labute approximate surface area is 170 Å². The van der Waals surface area contributed by atoms with Gasteiger partial charge in [0.25, 0.3) is 5.91 Å². The third-order valence-electron chi connectivity index (χ3n) is 4.09. The van der Waals surface area contributed by atoms with Crippen molar-refractivity contribution < 1.29 is 27.4 Å². The highest BCUT2D eigenvalue weighted by Crippen LogP contribution is 2.27. The topological polar surface area (TPSA) is 78.3 Å². The highest BCUT2D eigenvalue weighted by molar-refractivity contribution is 5.94. The van der Waals surface area contributed by atoms with E-state index < -0.39 is 11.9 Å². The van der Waals surface area contributed by atoms with Crippen LogP contribution in [0.4, 0.5) is 13.2 Å². The van der Waals surface area contributed by atoms with Crippen LogP contribution in [0.15, 0.2) is 54.9 Å². The van der Waals surface area contributed by atoms with E-state index in [0.29, 0.717) is 35.9 Å². The first-order chi connectivity index (χ1) is 14.4. The molecule has 0 saturated carbocycles. The van der Waals surface area contributed by atoms with Gasteiger partial charge in [-0.2, -0.15) is 18.3 Å². The molecule has 0 atom stereocenters. The number of hydrogen-bond donors (Lipinski definition) is 1. The lowest BCUT2D eigenvalue weighted by Gasteiger charge is -2.11. The average molecular weight is 420 g/mol. The van der Waals surface area contributed by atoms with Gasteiger partial charge in [-0.15, -0.1) is 0 Å². The molecule has 0 radical (unpaired) electrons. The molecule has 0 unspecified atom stereocenters. The van der Waals surface area contributed by atoms with E-state index in [0.717, 1.165) is 10.7 Å². The van der Waals surface area contributed by atoms with Gasteiger partial charge in [0.1, 0.15) is 6.61 Å². The van der Waals surface area contributed by atoms with Gasteiger partial charge in [-0.3, -0.25) is 4.79 Å². The number of carbonyl (C=O) groups excluding carboxylic acids is 1. The standard InChI is InChI=1S/C20H19F3N4O3/c1-29-11-12-30-19-15(3-2-9-24-19)13-25-18(28)14-4-6-16(7-5-14)27-10-8-17(26-27)20(21,22)23/h2-10H,11-13H2,1H3,(H,25,28). The molecule has 7 nitrogen and oxygen atoms in total. The van der Waals surface area contributed by atoms with Gasteiger partial charge in [0.05, 0.1) is 12.3 Å². The summed E-state index contributed by atoms with van der Waals surface area (Å²) in [5.74, 6) is 0.0639. The van der Waals surface area contributed by atoms with Gasteiger partial charge in [-0.1, -0.05) is 6.07 Å². The number of carbonyl (C=O) groups is 1. The van der Waals surface area contributed by atoms with E-state index in [-0.39, 0.29) is 12.5 Å². The molecule has 0 fully saturated rings. The SMILES string of the molecule is COCCOc1ncccc1CNC(=O)c1ccc(-n2ccc(C(F)(F)F)n2)cc1. The molecule has 2 heterocycles. The van der Waals surface area contributed by atoms with Crippen molar-refractivity contribution in [2.45, 2.75) is 12.7 Å². The molecule has 0 aliphatic rings. The minimum Gasteiger partial charge on any atom is -0.475 e. The van der Waals surface area contributed by atoms with Crippen molar-refractivity contribution in [1.29, 1.82) is 0 Å². The summed E-state index contributed by atoms with van der Waals surface area (Å²) < 4.78 is 49.6. The lowest BCUT2D eigenvalue weighted by molar-refractivity contribution is -0.141. The number of alkyl halides is 3. The number of benzene rings is 1. The Balaban J connectivity index is 1.62. The normalized spacial score (nSPS) is 11.3. The van der Waals surface area contributed by atoms with Gasteiger partial charge < -0.3 is 14.8 Å². The summed E-state index contributed by atoms with van der Waals surface area (Å²) in [7, 11) is 1.57. The number of hydrogen-bond acceptors (Lipinski definition) is 5. The number of halogens is 3. The van der Waals surface area contributed by atoms with E-state index >= 15 is 0 Å². The van der Waals surface area contributed by atoms with E-state index in [9.17, 15) is 18.0 Å². The second kappa shape index (κ2) is 9.40. The van der Waals surface area contributed by atoms with Crippen LogP contribution < -0.4 is 10.1 Å². The molecule has 0 spiro atoms. The van der Waals surface area contributed by atoms with E-state index in [2.05, 4.69) is 15.4 Å². The number of pyridine rings is 1. The summed E-state index contributed by atoms with van der Waals surface area (Å²) in [6.45, 7) is 0.944. The fraction of sp³-hybridized carbons (Fsp3) is 0.250. The predicted octanol–water partition coefficient (Wildman–Crippen LogP) is 3.24. The lowest BCUT2D eigenvalue weighted by Crippen LogP contribution is -2.23. The Morgan fingerprint density at radius 2 is 1.90 bits per heavy atom. The first-order valence-electron chi connectivity index (χ1n) is 8.95. The van der Waals surface area contributed by atoms with Crippen LogP contribution in [-0.2, 0) is 17.5 Å². The first kappa shape index (κ1) is 21.3. The molecule has 0 aliphatic carbocycles. The van der Waals surface area contributed by atoms with E-state index in [1.807, 2.05) is 0 Å². The largest absolute Gasteiger partial charge is 0.475 e. The summed E-state index contributed by atoms with van der Waals surface area (Å²) in [6.07, 6.45) is -1.71. The number of ether oxygens (including phenoxy) is 2. The Kier molecular flexibility index (Phi) is 6.68. The molecular formula is C20H19F3N4O3. The Morgan fingerprint density at radius 3 is 2.57 bits per heavy atom. The Bertz CT molecular complexity index is 987. The fourth-order valence-corrected chi connectivity index (χ4v) is 2.57. The van der Waals surface area contributed by atoms with Crippen molar-refractivity contribution in [3.05, 3.63) is 71.7 Å². The fourth-order valence-electron chi connectivity index (χ4n) is 2.57. The number of amides is 1. The maximum Gasteiger partial charge on any atom is 0.435 e. The van der Waals surface area contributed by atoms with Crippen LogP contribution in [-0.4, -0.2) is 41.0 Å². The third kappa shape index (κ3) is 5.35. The molecule has 1 amide bonds. The van der Waals surface area contributed by atoms with E-state index in [4.69, 9.17) is 9.47 Å². The van der Waals surface area contributed by atoms with Gasteiger partial charge >= 0.3 is 6.18 Å². The van der Waals surface area contributed by atoms with Crippen LogP contribution in [0.25, 0.3) is 5.69 Å². The molecule has 0 bridgehead atoms. The highest BCUT2D eigenvalue weighted by Gasteiger charge is 2.33. The maximum absolute atomic E-state index is 12.7. The zero-order valence-corrected chi connectivity index (χ0v) is 16.0. The summed E-state index contributed by atoms with van der Waals surface area (Å²) in [5, 5.41) is 6.27. The van der Waals surface area contributed by atoms with Crippen LogP contribution in [0.5, 0.6) is 5.88 Å². The first-order valence-corrected chi connectivity index (χ1v) is 8.95. The lowest BCUT2D eigenvalue weighted by atomic mass is 10.2. The van der Waals surface area contributed by atoms with Gasteiger partial charge in [0, 0.05) is 37.2 Å². The number of nitrogens with zero attached hydrogens (tertiary/aromatic N) is 3. The highest BCUT2D eigenvalue weighted by atomic mass is 19.4. The summed E-state index contributed by atoms with van der Waals surface area (Å²) in [5.41, 5.74) is 0.481. The third-order valence-corrected chi connectivity index (χ3v) is 4.09. The van der Waals surface area contributed by atoms with Crippen molar-refractivity contribution in [2.75, 3.05) is 20.3 Å². The number of methoxy groups -OCH3 is 1. The second-order valence-electron chi connectivity index (χ2n) is 6.18. The molecule has 0 saturated heterocycles. The quantitative estimate of drug-likeness (QED) is 0.566. The molecule has 158 valence electrons. The van der Waals surface area contributed by atoms with Gasteiger partial charge in [0.15, 0.2) is 5.69 Å². The minimum atomic E-state index is -4.51. The predicted molar refractivity (Wildman–Crippen MR) is 101 cm³/mol. The Hall–Kier alpha value is -3.40. The van der Waals surface area contributed by atoms with Crippen LogP contribution in [0.3, 0.4) is 0 Å². The molecule has 1 aromatic carbocycles. The van der Waals surface area contributed by atoms with Crippen LogP contribution >= 0.6 is 0 Å². The maximum atomic E-state index is 12.7. The second-order valence-corrected chi connectivity index (χ2v) is 6.18. The molecular weight excluding hydrogens is 401 g/mol. The van der Waals surface area contributed by atoms with Crippen molar-refractivity contribution in [3.63, 3.8) is 0 Å².